The van der Waals surface area contributed by atoms with Crippen molar-refractivity contribution in [2.75, 3.05) is 33.3 Å². The van der Waals surface area contributed by atoms with Crippen LogP contribution in [0.5, 0.6) is 0 Å². The maximum atomic E-state index is 12.5. The molecule has 0 bridgehead atoms. The SMILES string of the molecule is CNCC1CN(C(=O)c2cc(C)ccc2Br)CCO1. The van der Waals surface area contributed by atoms with Crippen LogP contribution in [0, 0.1) is 6.92 Å². The summed E-state index contributed by atoms with van der Waals surface area (Å²) in [5, 5.41) is 3.08. The Morgan fingerprint density at radius 1 is 1.58 bits per heavy atom. The molecule has 0 aliphatic carbocycles. The first-order valence-electron chi connectivity index (χ1n) is 6.43. The van der Waals surface area contributed by atoms with Gasteiger partial charge in [-0.25, -0.2) is 0 Å². The molecule has 5 heteroatoms. The molecular weight excluding hydrogens is 308 g/mol. The van der Waals surface area contributed by atoms with E-state index < -0.39 is 0 Å². The monoisotopic (exact) mass is 326 g/mol. The zero-order valence-corrected chi connectivity index (χ0v) is 12.9. The second kappa shape index (κ2) is 6.50. The molecule has 4 nitrogen and oxygen atoms in total. The van der Waals surface area contributed by atoms with E-state index in [0.29, 0.717) is 19.7 Å². The van der Waals surface area contributed by atoms with Crippen molar-refractivity contribution >= 4 is 21.8 Å². The van der Waals surface area contributed by atoms with Gasteiger partial charge in [-0.05, 0) is 42.0 Å². The van der Waals surface area contributed by atoms with Crippen LogP contribution in [0.15, 0.2) is 22.7 Å². The largest absolute Gasteiger partial charge is 0.373 e. The second-order valence-corrected chi connectivity index (χ2v) is 5.64. The van der Waals surface area contributed by atoms with E-state index in [1.54, 1.807) is 0 Å². The van der Waals surface area contributed by atoms with Crippen molar-refractivity contribution in [3.63, 3.8) is 0 Å². The third-order valence-electron chi connectivity index (χ3n) is 3.21. The van der Waals surface area contributed by atoms with E-state index in [9.17, 15) is 4.79 Å². The number of amides is 1. The Morgan fingerprint density at radius 2 is 2.37 bits per heavy atom. The lowest BCUT2D eigenvalue weighted by Gasteiger charge is -2.33. The fraction of sp³-hybridized carbons (Fsp3) is 0.500. The standard InChI is InChI=1S/C14H19BrN2O2/c1-10-3-4-13(15)12(7-10)14(18)17-5-6-19-11(9-17)8-16-2/h3-4,7,11,16H,5-6,8-9H2,1-2H3. The van der Waals surface area contributed by atoms with Crippen LogP contribution < -0.4 is 5.32 Å². The normalized spacial score (nSPS) is 19.5. The average molecular weight is 327 g/mol. The smallest absolute Gasteiger partial charge is 0.255 e. The molecule has 1 aromatic carbocycles. The minimum absolute atomic E-state index is 0.0694. The molecule has 1 saturated heterocycles. The van der Waals surface area contributed by atoms with E-state index >= 15 is 0 Å². The van der Waals surface area contributed by atoms with Crippen LogP contribution in [0.4, 0.5) is 0 Å². The van der Waals surface area contributed by atoms with Gasteiger partial charge in [-0.1, -0.05) is 11.6 Å². The number of nitrogens with zero attached hydrogens (tertiary/aromatic N) is 1. The first-order valence-corrected chi connectivity index (χ1v) is 7.22. The number of nitrogens with one attached hydrogen (secondary N) is 1. The van der Waals surface area contributed by atoms with E-state index in [1.807, 2.05) is 37.1 Å². The highest BCUT2D eigenvalue weighted by atomic mass is 79.9. The van der Waals surface area contributed by atoms with Gasteiger partial charge in [-0.2, -0.15) is 0 Å². The summed E-state index contributed by atoms with van der Waals surface area (Å²) < 4.78 is 6.47. The number of carbonyl (C=O) groups excluding carboxylic acids is 1. The molecule has 1 unspecified atom stereocenters. The quantitative estimate of drug-likeness (QED) is 0.921. The number of hydrogen-bond acceptors (Lipinski definition) is 3. The molecule has 0 saturated carbocycles. The molecule has 1 aromatic rings. The lowest BCUT2D eigenvalue weighted by molar-refractivity contribution is -0.0196. The predicted octanol–water partition coefficient (Wildman–Crippen LogP) is 1.82. The Bertz CT molecular complexity index is 463. The highest BCUT2D eigenvalue weighted by Crippen LogP contribution is 2.21. The number of morpholine rings is 1. The van der Waals surface area contributed by atoms with Crippen LogP contribution in [-0.4, -0.2) is 50.2 Å². The van der Waals surface area contributed by atoms with E-state index in [2.05, 4.69) is 21.2 Å². The molecule has 1 amide bonds. The third kappa shape index (κ3) is 3.55. The van der Waals surface area contributed by atoms with Crippen molar-refractivity contribution in [3.05, 3.63) is 33.8 Å². The number of hydrogen-bond donors (Lipinski definition) is 1. The first-order chi connectivity index (χ1) is 9.11. The molecule has 1 aliphatic heterocycles. The van der Waals surface area contributed by atoms with Crippen LogP contribution in [0.1, 0.15) is 15.9 Å². The minimum atomic E-state index is 0.0694. The molecule has 1 heterocycles. The number of benzene rings is 1. The summed E-state index contributed by atoms with van der Waals surface area (Å²) in [5.74, 6) is 0.0694. The number of aryl methyl sites for hydroxylation is 1. The summed E-state index contributed by atoms with van der Waals surface area (Å²) in [4.78, 5) is 14.4. The van der Waals surface area contributed by atoms with Gasteiger partial charge in [-0.15, -0.1) is 0 Å². The summed E-state index contributed by atoms with van der Waals surface area (Å²) in [6, 6.07) is 5.84. The van der Waals surface area contributed by atoms with Crippen molar-refractivity contribution in [3.8, 4) is 0 Å². The van der Waals surface area contributed by atoms with Crippen LogP contribution in [-0.2, 0) is 4.74 Å². The van der Waals surface area contributed by atoms with Gasteiger partial charge < -0.3 is 15.0 Å². The van der Waals surface area contributed by atoms with Crippen molar-refractivity contribution < 1.29 is 9.53 Å². The average Bonchev–Trinajstić information content (AvgIpc) is 2.41. The van der Waals surface area contributed by atoms with Gasteiger partial charge in [0, 0.05) is 24.1 Å². The zero-order valence-electron chi connectivity index (χ0n) is 11.3. The van der Waals surface area contributed by atoms with Crippen LogP contribution in [0.2, 0.25) is 0 Å². The zero-order chi connectivity index (χ0) is 13.8. The second-order valence-electron chi connectivity index (χ2n) is 4.78. The van der Waals surface area contributed by atoms with Gasteiger partial charge in [-0.3, -0.25) is 4.79 Å². The van der Waals surface area contributed by atoms with Gasteiger partial charge in [0.2, 0.25) is 0 Å². The van der Waals surface area contributed by atoms with Gasteiger partial charge in [0.05, 0.1) is 18.3 Å². The number of carbonyl (C=O) groups is 1. The molecule has 19 heavy (non-hydrogen) atoms. The Balaban J connectivity index is 2.12. The van der Waals surface area contributed by atoms with E-state index in [1.165, 1.54) is 0 Å². The molecule has 0 radical (unpaired) electrons. The van der Waals surface area contributed by atoms with E-state index in [-0.39, 0.29) is 12.0 Å². The van der Waals surface area contributed by atoms with Gasteiger partial charge in [0.1, 0.15) is 0 Å². The van der Waals surface area contributed by atoms with Crippen LogP contribution >= 0.6 is 15.9 Å². The minimum Gasteiger partial charge on any atom is -0.373 e. The highest BCUT2D eigenvalue weighted by Gasteiger charge is 2.25. The summed E-state index contributed by atoms with van der Waals surface area (Å²) in [5.41, 5.74) is 1.82. The Hall–Kier alpha value is -0.910. The van der Waals surface area contributed by atoms with Crippen LogP contribution in [0.3, 0.4) is 0 Å². The Morgan fingerprint density at radius 3 is 3.11 bits per heavy atom. The molecule has 0 spiro atoms. The molecule has 2 rings (SSSR count). The topological polar surface area (TPSA) is 41.6 Å². The predicted molar refractivity (Wildman–Crippen MR) is 78.4 cm³/mol. The van der Waals surface area contributed by atoms with Gasteiger partial charge >= 0.3 is 0 Å². The molecule has 1 N–H and O–H groups in total. The van der Waals surface area contributed by atoms with Crippen molar-refractivity contribution in [2.24, 2.45) is 0 Å². The van der Waals surface area contributed by atoms with E-state index in [0.717, 1.165) is 22.1 Å². The summed E-state index contributed by atoms with van der Waals surface area (Å²) in [6.07, 6.45) is 0.0753. The van der Waals surface area contributed by atoms with E-state index in [4.69, 9.17) is 4.74 Å². The van der Waals surface area contributed by atoms with Crippen molar-refractivity contribution in [1.29, 1.82) is 0 Å². The Labute approximate surface area is 122 Å². The maximum absolute atomic E-state index is 12.5. The molecule has 1 aliphatic rings. The van der Waals surface area contributed by atoms with Gasteiger partial charge in [0.25, 0.3) is 5.91 Å². The maximum Gasteiger partial charge on any atom is 0.255 e. The Kier molecular flexibility index (Phi) is 4.96. The number of rotatable bonds is 3. The summed E-state index contributed by atoms with van der Waals surface area (Å²) >= 11 is 3.45. The molecule has 1 atom stereocenters. The lowest BCUT2D eigenvalue weighted by Crippen LogP contribution is -2.48. The van der Waals surface area contributed by atoms with Crippen molar-refractivity contribution in [2.45, 2.75) is 13.0 Å². The molecular formula is C14H19BrN2O2. The molecule has 104 valence electrons. The summed E-state index contributed by atoms with van der Waals surface area (Å²) in [7, 11) is 1.89. The third-order valence-corrected chi connectivity index (χ3v) is 3.90. The number of halogens is 1. The van der Waals surface area contributed by atoms with Crippen LogP contribution in [0.25, 0.3) is 0 Å². The fourth-order valence-corrected chi connectivity index (χ4v) is 2.64. The molecule has 1 fully saturated rings. The summed E-state index contributed by atoms with van der Waals surface area (Å²) in [6.45, 7) is 4.64. The number of likely N-dealkylation sites (N-methyl/N-ethyl adjacent to an activating group) is 1. The number of ether oxygens (including phenoxy) is 1. The first kappa shape index (κ1) is 14.5. The molecule has 0 aromatic heterocycles. The van der Waals surface area contributed by atoms with Crippen molar-refractivity contribution in [1.82, 2.24) is 10.2 Å². The lowest BCUT2D eigenvalue weighted by atomic mass is 10.1. The highest BCUT2D eigenvalue weighted by molar-refractivity contribution is 9.10. The van der Waals surface area contributed by atoms with Gasteiger partial charge in [0.15, 0.2) is 0 Å². The fourth-order valence-electron chi connectivity index (χ4n) is 2.23.